The van der Waals surface area contributed by atoms with E-state index in [9.17, 15) is 30.4 Å². The van der Waals surface area contributed by atoms with Crippen LogP contribution in [0.3, 0.4) is 0 Å². The molecule has 0 saturated heterocycles. The second-order valence-corrected chi connectivity index (χ2v) is 3.90. The van der Waals surface area contributed by atoms with Crippen molar-refractivity contribution in [2.45, 2.75) is 5.51 Å². The predicted octanol–water partition coefficient (Wildman–Crippen LogP) is -12.4. The smallest absolute Gasteiger partial charge is 0.741 e. The summed E-state index contributed by atoms with van der Waals surface area (Å²) in [5, 5.41) is 0. The van der Waals surface area contributed by atoms with Crippen LogP contribution in [0.2, 0.25) is 0 Å². The number of rotatable bonds is 0. The van der Waals surface area contributed by atoms with Gasteiger partial charge in [-0.25, -0.2) is 27.1 Å². The molecule has 0 aliphatic carbocycles. The summed E-state index contributed by atoms with van der Waals surface area (Å²) in [5.41, 5.74) is -5.65. The first-order chi connectivity index (χ1) is 7.25. The first-order valence-electron chi connectivity index (χ1n) is 2.76. The number of hydrogen-bond acceptors (Lipinski definition) is 7. The minimum atomic E-state index is -6.09. The SMILES string of the molecule is F[B-](F)(F)F.O=S(=O)([O-])C(F)(F)F.[K+].[K+].[K+].[O-][Cl+3]([O-])([O-])[O-]. The number of alkyl halides is 3. The predicted molar refractivity (Wildman–Crippen MR) is 25.9 cm³/mol. The molecule has 0 fully saturated rings. The fraction of sp³-hybridized carbons (Fsp3) is 1.00. The van der Waals surface area contributed by atoms with Crippen LogP contribution in [0.5, 0.6) is 0 Å². The van der Waals surface area contributed by atoms with Crippen molar-refractivity contribution in [2.24, 2.45) is 0 Å². The first kappa shape index (κ1) is 40.3. The fourth-order valence-electron chi connectivity index (χ4n) is 0. The summed E-state index contributed by atoms with van der Waals surface area (Å²) in [6.45, 7) is 0. The van der Waals surface area contributed by atoms with Crippen molar-refractivity contribution < 1.29 is 226 Å². The van der Waals surface area contributed by atoms with Gasteiger partial charge in [0.15, 0.2) is 10.1 Å². The molecule has 0 spiro atoms. The maximum absolute atomic E-state index is 10.7. The molecule has 0 unspecified atom stereocenters. The van der Waals surface area contributed by atoms with Crippen LogP contribution in [0.1, 0.15) is 0 Å². The zero-order valence-electron chi connectivity index (χ0n) is 10.4. The molecule has 0 radical (unpaired) electrons. The summed E-state index contributed by atoms with van der Waals surface area (Å²) in [7, 11) is -17.0. The maximum atomic E-state index is 10.7. The average molecular weight is 453 g/mol. The molecule has 0 atom stereocenters. The molecule has 0 rings (SSSR count). The van der Waals surface area contributed by atoms with Crippen LogP contribution < -0.4 is 173 Å². The van der Waals surface area contributed by atoms with Gasteiger partial charge in [0.05, 0.1) is 0 Å². The molecule has 0 heterocycles. The Morgan fingerprint density at radius 2 is 0.857 bits per heavy atom. The van der Waals surface area contributed by atoms with E-state index in [0.29, 0.717) is 0 Å². The molecule has 0 aliphatic heterocycles. The van der Waals surface area contributed by atoms with Crippen molar-refractivity contribution in [3.05, 3.63) is 0 Å². The Morgan fingerprint density at radius 1 is 0.810 bits per heavy atom. The van der Waals surface area contributed by atoms with Crippen LogP contribution >= 0.6 is 0 Å². The standard InChI is InChI=1S/CHF3O3S.BF4.ClHO4.3K/c2-1(3,4)8(5,6)7;2*2-1(3,4)5;;;/h(H,5,6,7);;(H,2,3,4,5);;;/q;-1;;3*+1/p-2. The molecule has 7 nitrogen and oxygen atoms in total. The Morgan fingerprint density at radius 3 is 0.857 bits per heavy atom. The molecular weight excluding hydrogens is 453 g/mol. The summed E-state index contributed by atoms with van der Waals surface area (Å²) >= 11 is 0. The molecule has 0 saturated carbocycles. The third-order valence-electron chi connectivity index (χ3n) is 0.283. The van der Waals surface area contributed by atoms with Gasteiger partial charge in [-0.3, -0.25) is 0 Å². The van der Waals surface area contributed by atoms with Crippen molar-refractivity contribution in [3.63, 3.8) is 0 Å². The van der Waals surface area contributed by atoms with Gasteiger partial charge < -0.3 is 21.8 Å². The quantitative estimate of drug-likeness (QED) is 0.153. The molecule has 21 heavy (non-hydrogen) atoms. The molecule has 20 heteroatoms. The summed E-state index contributed by atoms with van der Waals surface area (Å²) in [5.74, 6) is 0. The largest absolute Gasteiger partial charge is 1.00 e. The first-order valence-corrected chi connectivity index (χ1v) is 5.40. The number of hydrogen-bond donors (Lipinski definition) is 0. The van der Waals surface area contributed by atoms with Crippen LogP contribution in [0.25, 0.3) is 0 Å². The van der Waals surface area contributed by atoms with E-state index in [1.54, 1.807) is 0 Å². The maximum Gasteiger partial charge on any atom is 1.00 e. The van der Waals surface area contributed by atoms with Gasteiger partial charge in [0.1, 0.15) is 0 Å². The Kier molecular flexibility index (Phi) is 32.0. The third kappa shape index (κ3) is 68.0. The number of halogens is 8. The topological polar surface area (TPSA) is 149 Å². The fourth-order valence-corrected chi connectivity index (χ4v) is 0. The summed E-state index contributed by atoms with van der Waals surface area (Å²) in [6, 6.07) is 0. The molecule has 0 amide bonds. The van der Waals surface area contributed by atoms with Crippen LogP contribution in [-0.4, -0.2) is 25.7 Å². The zero-order chi connectivity index (χ0) is 16.0. The van der Waals surface area contributed by atoms with E-state index in [0.717, 1.165) is 0 Å². The second kappa shape index (κ2) is 16.7. The van der Waals surface area contributed by atoms with Crippen LogP contribution in [0.15, 0.2) is 0 Å². The van der Waals surface area contributed by atoms with Crippen molar-refractivity contribution >= 4 is 17.4 Å². The van der Waals surface area contributed by atoms with Gasteiger partial charge in [0.2, 0.25) is 0 Å². The van der Waals surface area contributed by atoms with Crippen LogP contribution in [0, 0.1) is 10.2 Å². The monoisotopic (exact) mass is 452 g/mol. The van der Waals surface area contributed by atoms with Crippen LogP contribution in [-0.2, 0) is 10.1 Å². The Bertz CT molecular complexity index is 303. The summed E-state index contributed by atoms with van der Waals surface area (Å²) in [4.78, 5) is 0. The van der Waals surface area contributed by atoms with E-state index in [2.05, 4.69) is 0 Å². The van der Waals surface area contributed by atoms with Gasteiger partial charge in [-0.15, -0.1) is 10.2 Å². The van der Waals surface area contributed by atoms with E-state index in [1.165, 1.54) is 0 Å². The van der Waals surface area contributed by atoms with E-state index in [1.807, 2.05) is 0 Å². The Balaban J connectivity index is -0.0000000389. The minimum Gasteiger partial charge on any atom is -0.741 e. The van der Waals surface area contributed by atoms with Crippen LogP contribution in [0.4, 0.5) is 30.4 Å². The van der Waals surface area contributed by atoms with E-state index in [4.69, 9.17) is 31.6 Å². The minimum absolute atomic E-state index is 0. The van der Waals surface area contributed by atoms with Gasteiger partial charge in [0.25, 0.3) is 0 Å². The van der Waals surface area contributed by atoms with Gasteiger partial charge in [-0.2, -0.15) is 13.2 Å². The van der Waals surface area contributed by atoms with Crippen molar-refractivity contribution in [3.8, 4) is 0 Å². The van der Waals surface area contributed by atoms with E-state index in [-0.39, 0.29) is 154 Å². The van der Waals surface area contributed by atoms with Crippen molar-refractivity contribution in [2.75, 3.05) is 0 Å². The molecular formula is CBClF7K3O7S. The van der Waals surface area contributed by atoms with Crippen molar-refractivity contribution in [1.82, 2.24) is 0 Å². The molecule has 0 N–H and O–H groups in total. The van der Waals surface area contributed by atoms with Gasteiger partial charge in [-0.1, -0.05) is 0 Å². The van der Waals surface area contributed by atoms with Gasteiger partial charge in [0, 0.05) is 0 Å². The molecule has 0 bridgehead atoms. The normalized spacial score (nSPS) is 11.0. The zero-order valence-corrected chi connectivity index (χ0v) is 21.3. The second-order valence-electron chi connectivity index (χ2n) is 1.77. The van der Waals surface area contributed by atoms with Gasteiger partial charge >= 0.3 is 167 Å². The molecule has 0 aromatic carbocycles. The van der Waals surface area contributed by atoms with Crippen molar-refractivity contribution in [1.29, 1.82) is 0 Å². The third-order valence-corrected chi connectivity index (χ3v) is 0.850. The summed E-state index contributed by atoms with van der Waals surface area (Å²) < 4.78 is 132. The molecule has 114 valence electrons. The Labute approximate surface area is 243 Å². The molecule has 0 aromatic heterocycles. The molecule has 0 aromatic rings. The average Bonchev–Trinajstić information content (AvgIpc) is 1.70. The van der Waals surface area contributed by atoms with E-state index < -0.39 is 33.1 Å². The Hall–Kier alpha value is 4.52. The molecule has 0 aliphatic rings. The summed E-state index contributed by atoms with van der Waals surface area (Å²) in [6.07, 6.45) is 0. The van der Waals surface area contributed by atoms with E-state index >= 15 is 0 Å². The van der Waals surface area contributed by atoms with Gasteiger partial charge in [-0.05, 0) is 0 Å².